The van der Waals surface area contributed by atoms with Crippen molar-refractivity contribution in [2.45, 2.75) is 0 Å². The summed E-state index contributed by atoms with van der Waals surface area (Å²) in [5.74, 6) is -2.18. The van der Waals surface area contributed by atoms with Crippen LogP contribution in [0.3, 0.4) is 0 Å². The zero-order chi connectivity index (χ0) is 17.8. The number of aromatic nitrogens is 2. The van der Waals surface area contributed by atoms with Gasteiger partial charge < -0.3 is 10.6 Å². The average Bonchev–Trinajstić information content (AvgIpc) is 2.58. The van der Waals surface area contributed by atoms with E-state index in [0.29, 0.717) is 16.5 Å². The highest BCUT2D eigenvalue weighted by Crippen LogP contribution is 2.21. The SMILES string of the molecule is O=C(Nc1c(F)cccc1F)c1cc(Nc2cccc(Cl)c2)ncn1. The van der Waals surface area contributed by atoms with Crippen LogP contribution in [0.5, 0.6) is 0 Å². The molecule has 3 aromatic rings. The lowest BCUT2D eigenvalue weighted by Crippen LogP contribution is -2.16. The molecule has 126 valence electrons. The van der Waals surface area contributed by atoms with E-state index in [-0.39, 0.29) is 5.69 Å². The highest BCUT2D eigenvalue weighted by molar-refractivity contribution is 6.30. The van der Waals surface area contributed by atoms with Crippen molar-refractivity contribution in [3.8, 4) is 0 Å². The summed E-state index contributed by atoms with van der Waals surface area (Å²) in [6, 6.07) is 11.6. The van der Waals surface area contributed by atoms with Crippen LogP contribution in [0.25, 0.3) is 0 Å². The number of anilines is 3. The Balaban J connectivity index is 1.80. The van der Waals surface area contributed by atoms with Gasteiger partial charge in [0.05, 0.1) is 0 Å². The summed E-state index contributed by atoms with van der Waals surface area (Å²) in [6.45, 7) is 0. The highest BCUT2D eigenvalue weighted by Gasteiger charge is 2.15. The molecule has 0 atom stereocenters. The molecule has 3 rings (SSSR count). The molecule has 0 fully saturated rings. The lowest BCUT2D eigenvalue weighted by Gasteiger charge is -2.09. The molecule has 8 heteroatoms. The van der Waals surface area contributed by atoms with Crippen molar-refractivity contribution in [3.05, 3.63) is 77.2 Å². The molecule has 0 unspecified atom stereocenters. The van der Waals surface area contributed by atoms with Crippen LogP contribution in [-0.2, 0) is 0 Å². The lowest BCUT2D eigenvalue weighted by molar-refractivity contribution is 0.102. The summed E-state index contributed by atoms with van der Waals surface area (Å²) in [5.41, 5.74) is 0.0790. The molecule has 1 heterocycles. The standard InChI is InChI=1S/C17H11ClF2N4O/c18-10-3-1-4-11(7-10)23-15-8-14(21-9-22-15)17(25)24-16-12(19)5-2-6-13(16)20/h1-9H,(H,24,25)(H,21,22,23). The molecular formula is C17H11ClF2N4O. The van der Waals surface area contributed by atoms with Crippen molar-refractivity contribution in [1.82, 2.24) is 9.97 Å². The van der Waals surface area contributed by atoms with E-state index in [1.54, 1.807) is 24.3 Å². The van der Waals surface area contributed by atoms with Gasteiger partial charge in [0, 0.05) is 16.8 Å². The average molecular weight is 361 g/mol. The van der Waals surface area contributed by atoms with Gasteiger partial charge in [-0.1, -0.05) is 23.7 Å². The van der Waals surface area contributed by atoms with E-state index in [4.69, 9.17) is 11.6 Å². The number of benzene rings is 2. The van der Waals surface area contributed by atoms with Crippen molar-refractivity contribution in [2.24, 2.45) is 0 Å². The normalized spacial score (nSPS) is 10.4. The zero-order valence-electron chi connectivity index (χ0n) is 12.6. The van der Waals surface area contributed by atoms with Crippen LogP contribution >= 0.6 is 11.6 Å². The maximum Gasteiger partial charge on any atom is 0.274 e. The van der Waals surface area contributed by atoms with Gasteiger partial charge in [0.15, 0.2) is 0 Å². The number of carbonyl (C=O) groups excluding carboxylic acids is 1. The first-order valence-electron chi connectivity index (χ1n) is 7.13. The van der Waals surface area contributed by atoms with E-state index in [1.165, 1.54) is 18.5 Å². The van der Waals surface area contributed by atoms with Gasteiger partial charge in [-0.15, -0.1) is 0 Å². The summed E-state index contributed by atoms with van der Waals surface area (Å²) < 4.78 is 27.2. The fourth-order valence-electron chi connectivity index (χ4n) is 2.06. The number of hydrogen-bond donors (Lipinski definition) is 2. The van der Waals surface area contributed by atoms with Crippen molar-refractivity contribution < 1.29 is 13.6 Å². The Bertz CT molecular complexity index is 916. The Morgan fingerprint density at radius 1 is 1.00 bits per heavy atom. The molecule has 0 bridgehead atoms. The lowest BCUT2D eigenvalue weighted by atomic mass is 10.2. The number of nitrogens with zero attached hydrogens (tertiary/aromatic N) is 2. The van der Waals surface area contributed by atoms with Gasteiger partial charge in [-0.05, 0) is 30.3 Å². The third-order valence-corrected chi connectivity index (χ3v) is 3.43. The van der Waals surface area contributed by atoms with Crippen molar-refractivity contribution in [3.63, 3.8) is 0 Å². The van der Waals surface area contributed by atoms with Gasteiger partial charge in [-0.3, -0.25) is 4.79 Å². The Morgan fingerprint density at radius 2 is 1.72 bits per heavy atom. The third kappa shape index (κ3) is 4.07. The number of hydrogen-bond acceptors (Lipinski definition) is 4. The predicted molar refractivity (Wildman–Crippen MR) is 91.1 cm³/mol. The number of para-hydroxylation sites is 1. The summed E-state index contributed by atoms with van der Waals surface area (Å²) in [7, 11) is 0. The number of amides is 1. The molecule has 0 radical (unpaired) electrons. The summed E-state index contributed by atoms with van der Waals surface area (Å²) in [4.78, 5) is 20.0. The second-order valence-corrected chi connectivity index (χ2v) is 5.41. The summed E-state index contributed by atoms with van der Waals surface area (Å²) in [6.07, 6.45) is 1.17. The van der Waals surface area contributed by atoms with Crippen LogP contribution < -0.4 is 10.6 Å². The quantitative estimate of drug-likeness (QED) is 0.723. The number of nitrogens with one attached hydrogen (secondary N) is 2. The third-order valence-electron chi connectivity index (χ3n) is 3.20. The van der Waals surface area contributed by atoms with Crippen LogP contribution in [0.2, 0.25) is 5.02 Å². The van der Waals surface area contributed by atoms with Crippen LogP contribution in [-0.4, -0.2) is 15.9 Å². The number of halogens is 3. The molecule has 2 N–H and O–H groups in total. The number of rotatable bonds is 4. The van der Waals surface area contributed by atoms with E-state index in [1.807, 2.05) is 0 Å². The molecular weight excluding hydrogens is 350 g/mol. The van der Waals surface area contributed by atoms with Gasteiger partial charge >= 0.3 is 0 Å². The Labute approximate surface area is 146 Å². The molecule has 0 aliphatic heterocycles. The maximum atomic E-state index is 13.6. The topological polar surface area (TPSA) is 66.9 Å². The summed E-state index contributed by atoms with van der Waals surface area (Å²) >= 11 is 5.90. The molecule has 25 heavy (non-hydrogen) atoms. The molecule has 2 aromatic carbocycles. The van der Waals surface area contributed by atoms with E-state index in [2.05, 4.69) is 20.6 Å². The molecule has 0 aliphatic rings. The van der Waals surface area contributed by atoms with Crippen LogP contribution in [0.4, 0.5) is 26.0 Å². The minimum absolute atomic E-state index is 0.0535. The molecule has 1 aromatic heterocycles. The van der Waals surface area contributed by atoms with E-state index < -0.39 is 23.2 Å². The van der Waals surface area contributed by atoms with Crippen LogP contribution in [0.1, 0.15) is 10.5 Å². The van der Waals surface area contributed by atoms with E-state index >= 15 is 0 Å². The van der Waals surface area contributed by atoms with Crippen molar-refractivity contribution in [2.75, 3.05) is 10.6 Å². The van der Waals surface area contributed by atoms with Gasteiger partial charge in [0.2, 0.25) is 0 Å². The molecule has 5 nitrogen and oxygen atoms in total. The van der Waals surface area contributed by atoms with E-state index in [9.17, 15) is 13.6 Å². The first-order chi connectivity index (χ1) is 12.0. The fraction of sp³-hybridized carbons (Fsp3) is 0. The highest BCUT2D eigenvalue weighted by atomic mass is 35.5. The van der Waals surface area contributed by atoms with Gasteiger partial charge in [-0.2, -0.15) is 0 Å². The molecule has 0 saturated heterocycles. The molecule has 0 aliphatic carbocycles. The monoisotopic (exact) mass is 360 g/mol. The second kappa shape index (κ2) is 7.23. The zero-order valence-corrected chi connectivity index (χ0v) is 13.4. The first kappa shape index (κ1) is 16.8. The van der Waals surface area contributed by atoms with Crippen LogP contribution in [0, 0.1) is 11.6 Å². The molecule has 0 saturated carbocycles. The van der Waals surface area contributed by atoms with Gasteiger partial charge in [0.1, 0.15) is 35.2 Å². The Hall–Kier alpha value is -3.06. The smallest absolute Gasteiger partial charge is 0.274 e. The number of carbonyl (C=O) groups is 1. The predicted octanol–water partition coefficient (Wildman–Crippen LogP) is 4.40. The van der Waals surface area contributed by atoms with Gasteiger partial charge in [-0.25, -0.2) is 18.7 Å². The van der Waals surface area contributed by atoms with Crippen molar-refractivity contribution in [1.29, 1.82) is 0 Å². The largest absolute Gasteiger partial charge is 0.340 e. The van der Waals surface area contributed by atoms with Gasteiger partial charge in [0.25, 0.3) is 5.91 Å². The summed E-state index contributed by atoms with van der Waals surface area (Å²) in [5, 5.41) is 5.66. The fourth-order valence-corrected chi connectivity index (χ4v) is 2.25. The van der Waals surface area contributed by atoms with Crippen molar-refractivity contribution >= 4 is 34.7 Å². The molecule has 0 spiro atoms. The minimum Gasteiger partial charge on any atom is -0.340 e. The maximum absolute atomic E-state index is 13.6. The Kier molecular flexibility index (Phi) is 4.85. The Morgan fingerprint density at radius 3 is 2.44 bits per heavy atom. The minimum atomic E-state index is -0.875. The van der Waals surface area contributed by atoms with Crippen LogP contribution in [0.15, 0.2) is 54.9 Å². The first-order valence-corrected chi connectivity index (χ1v) is 7.51. The molecule has 1 amide bonds. The second-order valence-electron chi connectivity index (χ2n) is 4.97. The van der Waals surface area contributed by atoms with E-state index in [0.717, 1.165) is 12.1 Å².